The van der Waals surface area contributed by atoms with E-state index in [9.17, 15) is 0 Å². The molecule has 0 heterocycles. The SMILES string of the molecule is CC(C)CCCCCCNCc1ccccc1Cl. The summed E-state index contributed by atoms with van der Waals surface area (Å²) in [6.07, 6.45) is 6.71. The van der Waals surface area contributed by atoms with E-state index >= 15 is 0 Å². The molecule has 0 saturated carbocycles. The summed E-state index contributed by atoms with van der Waals surface area (Å²) in [4.78, 5) is 0. The van der Waals surface area contributed by atoms with Crippen molar-refractivity contribution in [3.05, 3.63) is 34.9 Å². The average molecular weight is 268 g/mol. The van der Waals surface area contributed by atoms with Crippen LogP contribution in [0.3, 0.4) is 0 Å². The van der Waals surface area contributed by atoms with E-state index in [0.29, 0.717) is 0 Å². The zero-order chi connectivity index (χ0) is 13.2. The number of hydrogen-bond acceptors (Lipinski definition) is 1. The lowest BCUT2D eigenvalue weighted by Crippen LogP contribution is -2.14. The minimum Gasteiger partial charge on any atom is -0.313 e. The van der Waals surface area contributed by atoms with Gasteiger partial charge in [-0.3, -0.25) is 0 Å². The fourth-order valence-corrected chi connectivity index (χ4v) is 2.22. The van der Waals surface area contributed by atoms with E-state index in [1.54, 1.807) is 0 Å². The van der Waals surface area contributed by atoms with Crippen LogP contribution in [0.25, 0.3) is 0 Å². The molecule has 0 bridgehead atoms. The van der Waals surface area contributed by atoms with Gasteiger partial charge in [0.05, 0.1) is 0 Å². The lowest BCUT2D eigenvalue weighted by Gasteiger charge is -2.07. The lowest BCUT2D eigenvalue weighted by molar-refractivity contribution is 0.512. The Hall–Kier alpha value is -0.530. The molecule has 2 heteroatoms. The fraction of sp³-hybridized carbons (Fsp3) is 0.625. The number of halogens is 1. The summed E-state index contributed by atoms with van der Waals surface area (Å²) in [7, 11) is 0. The predicted molar refractivity (Wildman–Crippen MR) is 81.1 cm³/mol. The molecule has 1 nitrogen and oxygen atoms in total. The average Bonchev–Trinajstić information content (AvgIpc) is 2.34. The summed E-state index contributed by atoms with van der Waals surface area (Å²) in [6, 6.07) is 8.04. The van der Waals surface area contributed by atoms with Crippen LogP contribution < -0.4 is 5.32 Å². The van der Waals surface area contributed by atoms with Crippen molar-refractivity contribution >= 4 is 11.6 Å². The first-order valence-electron chi connectivity index (χ1n) is 7.14. The molecule has 0 saturated heterocycles. The Morgan fingerprint density at radius 3 is 2.50 bits per heavy atom. The lowest BCUT2D eigenvalue weighted by atomic mass is 10.0. The molecule has 1 aromatic carbocycles. The van der Waals surface area contributed by atoms with E-state index in [1.165, 1.54) is 37.7 Å². The van der Waals surface area contributed by atoms with Crippen LogP contribution in [0.1, 0.15) is 51.5 Å². The quantitative estimate of drug-likeness (QED) is 0.619. The third-order valence-electron chi connectivity index (χ3n) is 3.16. The van der Waals surface area contributed by atoms with Crippen LogP contribution in [0.2, 0.25) is 5.02 Å². The van der Waals surface area contributed by atoms with Gasteiger partial charge in [0.1, 0.15) is 0 Å². The molecule has 1 aromatic rings. The molecule has 18 heavy (non-hydrogen) atoms. The van der Waals surface area contributed by atoms with Crippen LogP contribution in [0.15, 0.2) is 24.3 Å². The highest BCUT2D eigenvalue weighted by Gasteiger charge is 1.98. The zero-order valence-corrected chi connectivity index (χ0v) is 12.5. The molecule has 0 spiro atoms. The third kappa shape index (κ3) is 7.03. The second kappa shape index (κ2) is 9.41. The Bertz CT molecular complexity index is 323. The minimum absolute atomic E-state index is 0.850. The Labute approximate surface area is 117 Å². The summed E-state index contributed by atoms with van der Waals surface area (Å²) < 4.78 is 0. The van der Waals surface area contributed by atoms with Gasteiger partial charge in [0.2, 0.25) is 0 Å². The summed E-state index contributed by atoms with van der Waals surface area (Å²) >= 11 is 6.10. The van der Waals surface area contributed by atoms with Gasteiger partial charge in [-0.1, -0.05) is 69.3 Å². The van der Waals surface area contributed by atoms with Gasteiger partial charge < -0.3 is 5.32 Å². The maximum absolute atomic E-state index is 6.10. The molecule has 0 unspecified atom stereocenters. The van der Waals surface area contributed by atoms with Gasteiger partial charge in [-0.2, -0.15) is 0 Å². The van der Waals surface area contributed by atoms with Crippen molar-refractivity contribution < 1.29 is 0 Å². The second-order valence-corrected chi connectivity index (χ2v) is 5.77. The van der Waals surface area contributed by atoms with Gasteiger partial charge in [-0.05, 0) is 30.5 Å². The highest BCUT2D eigenvalue weighted by Crippen LogP contribution is 2.14. The molecular formula is C16H26ClN. The van der Waals surface area contributed by atoms with E-state index in [1.807, 2.05) is 18.2 Å². The molecule has 0 fully saturated rings. The number of rotatable bonds is 9. The second-order valence-electron chi connectivity index (χ2n) is 5.36. The van der Waals surface area contributed by atoms with Crippen molar-refractivity contribution in [1.29, 1.82) is 0 Å². The smallest absolute Gasteiger partial charge is 0.0450 e. The van der Waals surface area contributed by atoms with Crippen LogP contribution in [0.4, 0.5) is 0 Å². The first-order chi connectivity index (χ1) is 8.70. The Morgan fingerprint density at radius 2 is 1.78 bits per heavy atom. The Balaban J connectivity index is 1.98. The Kier molecular flexibility index (Phi) is 8.11. The number of benzene rings is 1. The molecular weight excluding hydrogens is 242 g/mol. The van der Waals surface area contributed by atoms with Gasteiger partial charge >= 0.3 is 0 Å². The monoisotopic (exact) mass is 267 g/mol. The van der Waals surface area contributed by atoms with Crippen LogP contribution in [0.5, 0.6) is 0 Å². The van der Waals surface area contributed by atoms with Gasteiger partial charge in [0, 0.05) is 11.6 Å². The first-order valence-corrected chi connectivity index (χ1v) is 7.52. The van der Waals surface area contributed by atoms with Crippen molar-refractivity contribution in [3.63, 3.8) is 0 Å². The van der Waals surface area contributed by atoms with Gasteiger partial charge in [0.25, 0.3) is 0 Å². The molecule has 1 N–H and O–H groups in total. The fourth-order valence-electron chi connectivity index (χ4n) is 2.02. The molecule has 0 radical (unpaired) electrons. The van der Waals surface area contributed by atoms with E-state index in [-0.39, 0.29) is 0 Å². The van der Waals surface area contributed by atoms with Gasteiger partial charge in [-0.15, -0.1) is 0 Å². The normalized spacial score (nSPS) is 11.1. The third-order valence-corrected chi connectivity index (χ3v) is 3.53. The van der Waals surface area contributed by atoms with Crippen molar-refractivity contribution in [2.45, 2.75) is 52.5 Å². The summed E-state index contributed by atoms with van der Waals surface area (Å²) in [5, 5.41) is 4.32. The van der Waals surface area contributed by atoms with E-state index in [4.69, 9.17) is 11.6 Å². The van der Waals surface area contributed by atoms with Crippen molar-refractivity contribution in [1.82, 2.24) is 5.32 Å². The number of unbranched alkanes of at least 4 members (excludes halogenated alkanes) is 3. The largest absolute Gasteiger partial charge is 0.313 e. The topological polar surface area (TPSA) is 12.0 Å². The van der Waals surface area contributed by atoms with Crippen molar-refractivity contribution in [3.8, 4) is 0 Å². The highest BCUT2D eigenvalue weighted by molar-refractivity contribution is 6.31. The summed E-state index contributed by atoms with van der Waals surface area (Å²) in [5.74, 6) is 0.850. The van der Waals surface area contributed by atoms with Gasteiger partial charge in [-0.25, -0.2) is 0 Å². The molecule has 0 aliphatic heterocycles. The summed E-state index contributed by atoms with van der Waals surface area (Å²) in [6.45, 7) is 6.56. The molecule has 0 aliphatic carbocycles. The minimum atomic E-state index is 0.850. The van der Waals surface area contributed by atoms with Crippen molar-refractivity contribution in [2.75, 3.05) is 6.54 Å². The maximum atomic E-state index is 6.10. The number of hydrogen-bond donors (Lipinski definition) is 1. The zero-order valence-electron chi connectivity index (χ0n) is 11.7. The van der Waals surface area contributed by atoms with Crippen LogP contribution >= 0.6 is 11.6 Å². The molecule has 0 amide bonds. The van der Waals surface area contributed by atoms with Crippen LogP contribution in [-0.2, 0) is 6.54 Å². The molecule has 1 rings (SSSR count). The van der Waals surface area contributed by atoms with E-state index < -0.39 is 0 Å². The predicted octanol–water partition coefficient (Wildman–Crippen LogP) is 5.04. The van der Waals surface area contributed by atoms with Gasteiger partial charge in [0.15, 0.2) is 0 Å². The first kappa shape index (κ1) is 15.5. The standard InChI is InChI=1S/C16H26ClN/c1-14(2)9-5-3-4-8-12-18-13-15-10-6-7-11-16(15)17/h6-7,10-11,14,18H,3-5,8-9,12-13H2,1-2H3. The maximum Gasteiger partial charge on any atom is 0.0450 e. The van der Waals surface area contributed by atoms with Crippen molar-refractivity contribution in [2.24, 2.45) is 5.92 Å². The molecule has 102 valence electrons. The van der Waals surface area contributed by atoms with Crippen LogP contribution in [-0.4, -0.2) is 6.54 Å². The van der Waals surface area contributed by atoms with E-state index in [0.717, 1.165) is 24.0 Å². The summed E-state index contributed by atoms with van der Waals surface area (Å²) in [5.41, 5.74) is 1.19. The molecule has 0 aromatic heterocycles. The highest BCUT2D eigenvalue weighted by atomic mass is 35.5. The molecule has 0 atom stereocenters. The van der Waals surface area contributed by atoms with Crippen LogP contribution in [0, 0.1) is 5.92 Å². The Morgan fingerprint density at radius 1 is 1.06 bits per heavy atom. The van der Waals surface area contributed by atoms with E-state index in [2.05, 4.69) is 25.2 Å². The number of nitrogens with one attached hydrogen (secondary N) is 1. The molecule has 0 aliphatic rings.